The highest BCUT2D eigenvalue weighted by Gasteiger charge is 2.29. The number of rotatable bonds is 3. The van der Waals surface area contributed by atoms with E-state index in [1.807, 2.05) is 18.7 Å². The van der Waals surface area contributed by atoms with Crippen LogP contribution >= 0.6 is 0 Å². The Bertz CT molecular complexity index is 231. The Hall–Kier alpha value is -0.610. The van der Waals surface area contributed by atoms with Gasteiger partial charge in [-0.05, 0) is 19.8 Å². The number of carbonyl (C=O) groups is 1. The average Bonchev–Trinajstić information content (AvgIpc) is 2.51. The van der Waals surface area contributed by atoms with E-state index < -0.39 is 0 Å². The fourth-order valence-corrected chi connectivity index (χ4v) is 2.14. The zero-order chi connectivity index (χ0) is 12.1. The number of likely N-dealkylation sites (tertiary alicyclic amines) is 1. The number of aliphatic hydroxyl groups is 1. The third kappa shape index (κ3) is 3.19. The van der Waals surface area contributed by atoms with Crippen molar-refractivity contribution in [3.05, 3.63) is 0 Å². The third-order valence-corrected chi connectivity index (χ3v) is 3.55. The molecule has 94 valence electrons. The molecule has 3 N–H and O–H groups in total. The highest BCUT2D eigenvalue weighted by molar-refractivity contribution is 5.79. The van der Waals surface area contributed by atoms with Crippen LogP contribution in [0.25, 0.3) is 0 Å². The first-order valence-electron chi connectivity index (χ1n) is 6.24. The number of nitrogens with zero attached hydrogens (tertiary/aromatic N) is 1. The average molecular weight is 228 g/mol. The lowest BCUT2D eigenvalue weighted by Gasteiger charge is -2.32. The summed E-state index contributed by atoms with van der Waals surface area (Å²) in [6.45, 7) is 4.55. The molecule has 0 aromatic carbocycles. The molecular formula is C12H24N2O2. The number of carbonyl (C=O) groups excluding carboxylic acids is 1. The molecule has 4 heteroatoms. The first-order valence-corrected chi connectivity index (χ1v) is 6.24. The Morgan fingerprint density at radius 2 is 2.12 bits per heavy atom. The van der Waals surface area contributed by atoms with Crippen molar-refractivity contribution in [1.82, 2.24) is 4.90 Å². The maximum atomic E-state index is 12.2. The normalized spacial score (nSPS) is 26.0. The molecule has 0 radical (unpaired) electrons. The second-order valence-corrected chi connectivity index (χ2v) is 4.87. The van der Waals surface area contributed by atoms with Crippen molar-refractivity contribution in [3.8, 4) is 0 Å². The van der Waals surface area contributed by atoms with Crippen LogP contribution in [0.4, 0.5) is 0 Å². The Labute approximate surface area is 97.8 Å². The molecule has 16 heavy (non-hydrogen) atoms. The SMILES string of the molecule is CC(N)C(C)C(=O)N1CCCCCC1CO. The van der Waals surface area contributed by atoms with Crippen molar-refractivity contribution in [2.75, 3.05) is 13.2 Å². The molecule has 1 amide bonds. The summed E-state index contributed by atoms with van der Waals surface area (Å²) in [6.07, 6.45) is 4.19. The van der Waals surface area contributed by atoms with Crippen molar-refractivity contribution in [3.63, 3.8) is 0 Å². The number of hydrogen-bond donors (Lipinski definition) is 2. The summed E-state index contributed by atoms with van der Waals surface area (Å²) < 4.78 is 0. The van der Waals surface area contributed by atoms with E-state index in [9.17, 15) is 9.90 Å². The molecule has 0 spiro atoms. The first kappa shape index (κ1) is 13.5. The van der Waals surface area contributed by atoms with Crippen molar-refractivity contribution in [2.24, 2.45) is 11.7 Å². The second kappa shape index (κ2) is 6.21. The summed E-state index contributed by atoms with van der Waals surface area (Å²) in [4.78, 5) is 14.0. The Morgan fingerprint density at radius 3 is 2.69 bits per heavy atom. The van der Waals surface area contributed by atoms with Gasteiger partial charge in [0.25, 0.3) is 0 Å². The van der Waals surface area contributed by atoms with Crippen LogP contribution in [0.3, 0.4) is 0 Å². The van der Waals surface area contributed by atoms with Gasteiger partial charge in [0, 0.05) is 12.6 Å². The molecule has 3 atom stereocenters. The molecule has 4 nitrogen and oxygen atoms in total. The predicted molar refractivity (Wildman–Crippen MR) is 63.9 cm³/mol. The maximum Gasteiger partial charge on any atom is 0.227 e. The van der Waals surface area contributed by atoms with E-state index in [1.54, 1.807) is 0 Å². The minimum Gasteiger partial charge on any atom is -0.394 e. The zero-order valence-corrected chi connectivity index (χ0v) is 10.4. The molecule has 0 aromatic rings. The fourth-order valence-electron chi connectivity index (χ4n) is 2.14. The first-order chi connectivity index (χ1) is 7.57. The van der Waals surface area contributed by atoms with Crippen LogP contribution in [0.1, 0.15) is 39.5 Å². The minimum atomic E-state index is -0.160. The van der Waals surface area contributed by atoms with Crippen molar-refractivity contribution in [1.29, 1.82) is 0 Å². The van der Waals surface area contributed by atoms with E-state index in [0.717, 1.165) is 32.2 Å². The molecule has 0 bridgehead atoms. The minimum absolute atomic E-state index is 0.00352. The van der Waals surface area contributed by atoms with Crippen LogP contribution in [0, 0.1) is 5.92 Å². The molecule has 0 aromatic heterocycles. The summed E-state index contributed by atoms with van der Waals surface area (Å²) in [5, 5.41) is 9.33. The van der Waals surface area contributed by atoms with E-state index in [4.69, 9.17) is 5.73 Å². The molecule has 1 heterocycles. The summed E-state index contributed by atoms with van der Waals surface area (Å²) in [6, 6.07) is -0.133. The topological polar surface area (TPSA) is 66.6 Å². The Balaban J connectivity index is 2.69. The van der Waals surface area contributed by atoms with Crippen molar-refractivity contribution >= 4 is 5.91 Å². The highest BCUT2D eigenvalue weighted by atomic mass is 16.3. The van der Waals surface area contributed by atoms with Crippen LogP contribution in [-0.4, -0.2) is 41.1 Å². The van der Waals surface area contributed by atoms with Crippen molar-refractivity contribution < 1.29 is 9.90 Å². The number of nitrogens with two attached hydrogens (primary N) is 1. The van der Waals surface area contributed by atoms with Gasteiger partial charge in [0.1, 0.15) is 0 Å². The van der Waals surface area contributed by atoms with Crippen LogP contribution in [-0.2, 0) is 4.79 Å². The lowest BCUT2D eigenvalue weighted by atomic mass is 10.0. The third-order valence-electron chi connectivity index (χ3n) is 3.55. The molecule has 1 aliphatic heterocycles. The lowest BCUT2D eigenvalue weighted by Crippen LogP contribution is -2.47. The van der Waals surface area contributed by atoms with Gasteiger partial charge >= 0.3 is 0 Å². The van der Waals surface area contributed by atoms with Gasteiger partial charge in [0.2, 0.25) is 5.91 Å². The quantitative estimate of drug-likeness (QED) is 0.748. The van der Waals surface area contributed by atoms with Crippen LogP contribution in [0.2, 0.25) is 0 Å². The summed E-state index contributed by atoms with van der Waals surface area (Å²) in [5.41, 5.74) is 5.76. The molecule has 1 aliphatic rings. The van der Waals surface area contributed by atoms with Gasteiger partial charge < -0.3 is 15.7 Å². The monoisotopic (exact) mass is 228 g/mol. The number of amides is 1. The zero-order valence-electron chi connectivity index (χ0n) is 10.4. The predicted octanol–water partition coefficient (Wildman–Crippen LogP) is 0.733. The second-order valence-electron chi connectivity index (χ2n) is 4.87. The van der Waals surface area contributed by atoms with Gasteiger partial charge in [-0.25, -0.2) is 0 Å². The molecular weight excluding hydrogens is 204 g/mol. The van der Waals surface area contributed by atoms with Crippen LogP contribution in [0.5, 0.6) is 0 Å². The number of aliphatic hydroxyl groups excluding tert-OH is 1. The molecule has 0 saturated carbocycles. The molecule has 0 aliphatic carbocycles. The Kier molecular flexibility index (Phi) is 5.22. The van der Waals surface area contributed by atoms with Gasteiger partial charge in [-0.2, -0.15) is 0 Å². The molecule has 1 rings (SSSR count). The summed E-state index contributed by atoms with van der Waals surface area (Å²) >= 11 is 0. The van der Waals surface area contributed by atoms with Crippen LogP contribution < -0.4 is 5.73 Å². The van der Waals surface area contributed by atoms with E-state index in [2.05, 4.69) is 0 Å². The highest BCUT2D eigenvalue weighted by Crippen LogP contribution is 2.19. The standard InChI is InChI=1S/C12H24N2O2/c1-9(10(2)13)12(16)14-7-5-3-4-6-11(14)8-15/h9-11,15H,3-8,13H2,1-2H3. The van der Waals surface area contributed by atoms with Gasteiger partial charge in [-0.15, -0.1) is 0 Å². The van der Waals surface area contributed by atoms with Gasteiger partial charge in [0.05, 0.1) is 18.6 Å². The van der Waals surface area contributed by atoms with E-state index in [0.29, 0.717) is 0 Å². The lowest BCUT2D eigenvalue weighted by molar-refractivity contribution is -0.138. The molecule has 1 saturated heterocycles. The van der Waals surface area contributed by atoms with Gasteiger partial charge in [-0.3, -0.25) is 4.79 Å². The molecule has 1 fully saturated rings. The van der Waals surface area contributed by atoms with E-state index in [1.165, 1.54) is 0 Å². The van der Waals surface area contributed by atoms with Crippen molar-refractivity contribution in [2.45, 2.75) is 51.6 Å². The summed E-state index contributed by atoms with van der Waals surface area (Å²) in [7, 11) is 0. The smallest absolute Gasteiger partial charge is 0.227 e. The van der Waals surface area contributed by atoms with Crippen LogP contribution in [0.15, 0.2) is 0 Å². The summed E-state index contributed by atoms with van der Waals surface area (Å²) in [5.74, 6) is -0.0666. The van der Waals surface area contributed by atoms with Gasteiger partial charge in [-0.1, -0.05) is 19.8 Å². The van der Waals surface area contributed by atoms with Gasteiger partial charge in [0.15, 0.2) is 0 Å². The largest absolute Gasteiger partial charge is 0.394 e. The molecule has 3 unspecified atom stereocenters. The van der Waals surface area contributed by atoms with E-state index >= 15 is 0 Å². The number of hydrogen-bond acceptors (Lipinski definition) is 3. The van der Waals surface area contributed by atoms with E-state index in [-0.39, 0.29) is 30.5 Å². The Morgan fingerprint density at radius 1 is 1.44 bits per heavy atom. The maximum absolute atomic E-state index is 12.2. The fraction of sp³-hybridized carbons (Fsp3) is 0.917.